The van der Waals surface area contributed by atoms with Gasteiger partial charge in [-0.2, -0.15) is 0 Å². The van der Waals surface area contributed by atoms with E-state index in [9.17, 15) is 4.79 Å². The monoisotopic (exact) mass is 291 g/mol. The molecule has 0 spiro atoms. The van der Waals surface area contributed by atoms with Gasteiger partial charge in [0.05, 0.1) is 5.70 Å². The molecule has 1 rings (SSSR count). The van der Waals surface area contributed by atoms with Gasteiger partial charge in [-0.05, 0) is 30.5 Å². The highest BCUT2D eigenvalue weighted by Gasteiger charge is 2.09. The Morgan fingerprint density at radius 1 is 1.45 bits per heavy atom. The molecule has 108 valence electrons. The maximum Gasteiger partial charge on any atom is 0.156 e. The second-order valence-electron chi connectivity index (χ2n) is 4.73. The van der Waals surface area contributed by atoms with Crippen molar-refractivity contribution in [1.82, 2.24) is 10.3 Å². The zero-order chi connectivity index (χ0) is 15.1. The van der Waals surface area contributed by atoms with Crippen molar-refractivity contribution in [2.75, 3.05) is 12.4 Å². The Balaban J connectivity index is 3.25. The number of hydrogen-bond donors (Lipinski definition) is 3. The van der Waals surface area contributed by atoms with Gasteiger partial charge in [-0.15, -0.1) is 12.6 Å². The minimum atomic E-state index is 0.286. The summed E-state index contributed by atoms with van der Waals surface area (Å²) in [6, 6.07) is 1.90. The molecule has 1 heterocycles. The molecule has 2 N–H and O–H groups in total. The highest BCUT2D eigenvalue weighted by Crippen LogP contribution is 2.20. The number of nitrogens with one attached hydrogen (secondary N) is 2. The lowest BCUT2D eigenvalue weighted by atomic mass is 10.1. The molecule has 0 saturated carbocycles. The number of hydrogen-bond acceptors (Lipinski definition) is 5. The van der Waals surface area contributed by atoms with E-state index in [1.54, 1.807) is 18.5 Å². The summed E-state index contributed by atoms with van der Waals surface area (Å²) >= 11 is 4.14. The Kier molecular flexibility index (Phi) is 6.31. The van der Waals surface area contributed by atoms with Crippen LogP contribution in [0.2, 0.25) is 0 Å². The first-order chi connectivity index (χ1) is 9.49. The maximum atomic E-state index is 10.8. The van der Waals surface area contributed by atoms with E-state index in [-0.39, 0.29) is 5.92 Å². The van der Waals surface area contributed by atoms with Crippen molar-refractivity contribution in [3.63, 3.8) is 0 Å². The summed E-state index contributed by atoms with van der Waals surface area (Å²) in [6.07, 6.45) is 5.96. The summed E-state index contributed by atoms with van der Waals surface area (Å²) < 4.78 is 0. The summed E-state index contributed by atoms with van der Waals surface area (Å²) in [5, 5.41) is 6.52. The van der Waals surface area contributed by atoms with Crippen LogP contribution in [0.15, 0.2) is 40.8 Å². The molecule has 4 nitrogen and oxygen atoms in total. The number of allylic oxidation sites excluding steroid dienone is 3. The lowest BCUT2D eigenvalue weighted by Gasteiger charge is -2.18. The number of aryl methyl sites for hydroxylation is 1. The van der Waals surface area contributed by atoms with Crippen molar-refractivity contribution in [3.05, 3.63) is 46.4 Å². The molecule has 1 aromatic rings. The Hall–Kier alpha value is -1.75. The second kappa shape index (κ2) is 7.75. The number of aldehydes is 1. The molecule has 5 heteroatoms. The molecule has 0 aliphatic rings. The molecule has 0 aliphatic carbocycles. The standard InChI is InChI=1S/C15H21N3OS/c1-10(2)15(16-4)14(7-12(20)9-19)18-13-5-6-17-8-11(13)3/h5-10,16,20H,1-4H3,(H,17,18)/b12-7+,15-14+. The highest BCUT2D eigenvalue weighted by atomic mass is 32.1. The van der Waals surface area contributed by atoms with Gasteiger partial charge in [-0.3, -0.25) is 9.78 Å². The van der Waals surface area contributed by atoms with Crippen molar-refractivity contribution in [2.45, 2.75) is 20.8 Å². The first-order valence-corrected chi connectivity index (χ1v) is 6.89. The molecule has 0 aromatic carbocycles. The van der Waals surface area contributed by atoms with Gasteiger partial charge >= 0.3 is 0 Å². The fourth-order valence-corrected chi connectivity index (χ4v) is 1.99. The fourth-order valence-electron chi connectivity index (χ4n) is 1.86. The van der Waals surface area contributed by atoms with Gasteiger partial charge < -0.3 is 10.6 Å². The Labute approximate surface area is 125 Å². The number of nitrogens with zero attached hydrogens (tertiary/aromatic N) is 1. The Morgan fingerprint density at radius 2 is 2.15 bits per heavy atom. The quantitative estimate of drug-likeness (QED) is 0.326. The van der Waals surface area contributed by atoms with Gasteiger partial charge in [-0.25, -0.2) is 0 Å². The largest absolute Gasteiger partial charge is 0.390 e. The van der Waals surface area contributed by atoms with Crippen LogP contribution in [0, 0.1) is 12.8 Å². The van der Waals surface area contributed by atoms with Crippen molar-refractivity contribution >= 4 is 24.6 Å². The van der Waals surface area contributed by atoms with E-state index >= 15 is 0 Å². The van der Waals surface area contributed by atoms with E-state index in [0.29, 0.717) is 4.91 Å². The lowest BCUT2D eigenvalue weighted by molar-refractivity contribution is -0.104. The SMILES string of the molecule is CN/C(=C(\C=C(\S)C=O)Nc1ccncc1C)C(C)C. The van der Waals surface area contributed by atoms with E-state index in [1.165, 1.54) is 0 Å². The number of rotatable bonds is 6. The summed E-state index contributed by atoms with van der Waals surface area (Å²) in [7, 11) is 1.86. The molecule has 0 aliphatic heterocycles. The molecule has 0 saturated heterocycles. The number of carbonyl (C=O) groups is 1. The molecule has 20 heavy (non-hydrogen) atoms. The second-order valence-corrected chi connectivity index (χ2v) is 5.25. The number of thiol groups is 1. The number of carbonyl (C=O) groups excluding carboxylic acids is 1. The van der Waals surface area contributed by atoms with Crippen LogP contribution in [0.25, 0.3) is 0 Å². The van der Waals surface area contributed by atoms with Crippen LogP contribution in [-0.4, -0.2) is 18.3 Å². The topological polar surface area (TPSA) is 54.0 Å². The molecular weight excluding hydrogens is 270 g/mol. The normalized spacial score (nSPS) is 13.0. The third kappa shape index (κ3) is 4.42. The molecule has 0 unspecified atom stereocenters. The predicted octanol–water partition coefficient (Wildman–Crippen LogP) is 2.90. The summed E-state index contributed by atoms with van der Waals surface area (Å²) in [5.74, 6) is 0.286. The van der Waals surface area contributed by atoms with Gasteiger partial charge in [-0.1, -0.05) is 13.8 Å². The zero-order valence-corrected chi connectivity index (χ0v) is 13.2. The average molecular weight is 291 g/mol. The molecule has 0 bridgehead atoms. The molecule has 0 amide bonds. The zero-order valence-electron chi connectivity index (χ0n) is 12.3. The van der Waals surface area contributed by atoms with Crippen molar-refractivity contribution in [3.8, 4) is 0 Å². The van der Waals surface area contributed by atoms with E-state index in [4.69, 9.17) is 0 Å². The van der Waals surface area contributed by atoms with E-state index in [2.05, 4.69) is 42.1 Å². The molecule has 1 aromatic heterocycles. The third-order valence-electron chi connectivity index (χ3n) is 2.84. The summed E-state index contributed by atoms with van der Waals surface area (Å²) in [6.45, 7) is 6.14. The van der Waals surface area contributed by atoms with Crippen LogP contribution in [0.1, 0.15) is 19.4 Å². The predicted molar refractivity (Wildman–Crippen MR) is 86.7 cm³/mol. The summed E-state index contributed by atoms with van der Waals surface area (Å²) in [5.41, 5.74) is 3.82. The minimum Gasteiger partial charge on any atom is -0.390 e. The van der Waals surface area contributed by atoms with Gasteiger partial charge in [0, 0.05) is 35.7 Å². The molecule has 0 fully saturated rings. The Bertz CT molecular complexity index is 536. The number of aromatic nitrogens is 1. The first-order valence-electron chi connectivity index (χ1n) is 6.45. The molecule has 0 atom stereocenters. The first kappa shape index (κ1) is 16.3. The molecule has 0 radical (unpaired) electrons. The van der Waals surface area contributed by atoms with Gasteiger partial charge in [0.1, 0.15) is 0 Å². The van der Waals surface area contributed by atoms with Gasteiger partial charge in [0.2, 0.25) is 0 Å². The van der Waals surface area contributed by atoms with Crippen LogP contribution in [0.5, 0.6) is 0 Å². The summed E-state index contributed by atoms with van der Waals surface area (Å²) in [4.78, 5) is 15.3. The number of pyridine rings is 1. The van der Waals surface area contributed by atoms with Crippen molar-refractivity contribution in [2.24, 2.45) is 5.92 Å². The average Bonchev–Trinajstić information content (AvgIpc) is 2.41. The van der Waals surface area contributed by atoms with Crippen LogP contribution in [0.3, 0.4) is 0 Å². The fraction of sp³-hybridized carbons (Fsp3) is 0.333. The Morgan fingerprint density at radius 3 is 2.65 bits per heavy atom. The third-order valence-corrected chi connectivity index (χ3v) is 3.07. The van der Waals surface area contributed by atoms with E-state index < -0.39 is 0 Å². The van der Waals surface area contributed by atoms with Crippen LogP contribution >= 0.6 is 12.6 Å². The van der Waals surface area contributed by atoms with E-state index in [0.717, 1.165) is 28.9 Å². The smallest absolute Gasteiger partial charge is 0.156 e. The molecular formula is C15H21N3OS. The number of anilines is 1. The highest BCUT2D eigenvalue weighted by molar-refractivity contribution is 7.85. The van der Waals surface area contributed by atoms with Crippen molar-refractivity contribution in [1.29, 1.82) is 0 Å². The minimum absolute atomic E-state index is 0.286. The van der Waals surface area contributed by atoms with Crippen LogP contribution in [0.4, 0.5) is 5.69 Å². The maximum absolute atomic E-state index is 10.8. The van der Waals surface area contributed by atoms with Gasteiger partial charge in [0.15, 0.2) is 6.29 Å². The van der Waals surface area contributed by atoms with Crippen LogP contribution < -0.4 is 10.6 Å². The van der Waals surface area contributed by atoms with E-state index in [1.807, 2.05) is 20.0 Å². The van der Waals surface area contributed by atoms with Crippen LogP contribution in [-0.2, 0) is 4.79 Å². The lowest BCUT2D eigenvalue weighted by Crippen LogP contribution is -2.18. The van der Waals surface area contributed by atoms with Crippen molar-refractivity contribution < 1.29 is 4.79 Å². The van der Waals surface area contributed by atoms with Gasteiger partial charge in [0.25, 0.3) is 0 Å².